The standard InChI is InChI=1S/C11H19NO/c1-2-3-7-12-8-10-5-4-6-11(9-12)13-10/h3,7,10-11H,2,4-6,8-9H2,1H3/t10-,11-/m0/s1. The Hall–Kier alpha value is -0.500. The zero-order valence-corrected chi connectivity index (χ0v) is 8.41. The van der Waals surface area contributed by atoms with E-state index < -0.39 is 0 Å². The molecule has 2 saturated heterocycles. The molecule has 2 aliphatic heterocycles. The quantitative estimate of drug-likeness (QED) is 0.647. The second-order valence-electron chi connectivity index (χ2n) is 4.06. The van der Waals surface area contributed by atoms with Crippen LogP contribution in [0.1, 0.15) is 32.6 Å². The van der Waals surface area contributed by atoms with E-state index in [0.29, 0.717) is 12.2 Å². The van der Waals surface area contributed by atoms with Crippen molar-refractivity contribution in [3.8, 4) is 0 Å². The van der Waals surface area contributed by atoms with E-state index in [-0.39, 0.29) is 0 Å². The van der Waals surface area contributed by atoms with Crippen molar-refractivity contribution in [2.24, 2.45) is 0 Å². The molecule has 13 heavy (non-hydrogen) atoms. The maximum atomic E-state index is 5.86. The summed E-state index contributed by atoms with van der Waals surface area (Å²) in [6.45, 7) is 4.39. The highest BCUT2D eigenvalue weighted by atomic mass is 16.5. The Morgan fingerprint density at radius 1 is 1.31 bits per heavy atom. The topological polar surface area (TPSA) is 12.5 Å². The third-order valence-electron chi connectivity index (χ3n) is 2.87. The number of fused-ring (bicyclic) bond motifs is 2. The number of morpholine rings is 1. The van der Waals surface area contributed by atoms with Crippen molar-refractivity contribution >= 4 is 0 Å². The van der Waals surface area contributed by atoms with E-state index in [2.05, 4.69) is 24.1 Å². The van der Waals surface area contributed by atoms with Crippen molar-refractivity contribution in [2.75, 3.05) is 13.1 Å². The predicted octanol–water partition coefficient (Wildman–Crippen LogP) is 2.16. The fourth-order valence-corrected chi connectivity index (χ4v) is 2.22. The molecular formula is C11H19NO. The van der Waals surface area contributed by atoms with E-state index in [1.165, 1.54) is 19.3 Å². The third kappa shape index (κ3) is 2.25. The Balaban J connectivity index is 1.90. The van der Waals surface area contributed by atoms with E-state index in [1.807, 2.05) is 0 Å². The molecule has 0 saturated carbocycles. The van der Waals surface area contributed by atoms with Gasteiger partial charge in [0.2, 0.25) is 0 Å². The molecular weight excluding hydrogens is 162 g/mol. The zero-order chi connectivity index (χ0) is 9.10. The van der Waals surface area contributed by atoms with E-state index in [4.69, 9.17) is 4.74 Å². The molecule has 2 heterocycles. The van der Waals surface area contributed by atoms with Gasteiger partial charge < -0.3 is 9.64 Å². The van der Waals surface area contributed by atoms with Crippen molar-refractivity contribution < 1.29 is 4.74 Å². The summed E-state index contributed by atoms with van der Waals surface area (Å²) in [7, 11) is 0. The summed E-state index contributed by atoms with van der Waals surface area (Å²) in [5.74, 6) is 0. The fourth-order valence-electron chi connectivity index (χ4n) is 2.22. The number of rotatable bonds is 2. The zero-order valence-electron chi connectivity index (χ0n) is 8.41. The second-order valence-corrected chi connectivity index (χ2v) is 4.06. The van der Waals surface area contributed by atoms with E-state index in [0.717, 1.165) is 19.5 Å². The third-order valence-corrected chi connectivity index (χ3v) is 2.87. The van der Waals surface area contributed by atoms with Crippen molar-refractivity contribution in [1.82, 2.24) is 4.90 Å². The molecule has 2 bridgehead atoms. The summed E-state index contributed by atoms with van der Waals surface area (Å²) in [6.07, 6.45) is 10.5. The molecule has 0 spiro atoms. The van der Waals surface area contributed by atoms with Crippen molar-refractivity contribution in [2.45, 2.75) is 44.8 Å². The molecule has 0 aromatic carbocycles. The average molecular weight is 181 g/mol. The maximum absolute atomic E-state index is 5.86. The smallest absolute Gasteiger partial charge is 0.0754 e. The molecule has 0 aliphatic carbocycles. The molecule has 0 radical (unpaired) electrons. The van der Waals surface area contributed by atoms with Gasteiger partial charge in [-0.2, -0.15) is 0 Å². The minimum Gasteiger partial charge on any atom is -0.372 e. The summed E-state index contributed by atoms with van der Waals surface area (Å²) in [4.78, 5) is 2.42. The molecule has 0 aromatic heterocycles. The number of nitrogens with zero attached hydrogens (tertiary/aromatic N) is 1. The van der Waals surface area contributed by atoms with Gasteiger partial charge in [0.1, 0.15) is 0 Å². The van der Waals surface area contributed by atoms with Gasteiger partial charge in [0.05, 0.1) is 12.2 Å². The number of likely N-dealkylation sites (tertiary alicyclic amines) is 1. The van der Waals surface area contributed by atoms with E-state index >= 15 is 0 Å². The van der Waals surface area contributed by atoms with Crippen molar-refractivity contribution in [3.63, 3.8) is 0 Å². The Kier molecular flexibility index (Phi) is 2.89. The van der Waals surface area contributed by atoms with Gasteiger partial charge in [-0.25, -0.2) is 0 Å². The lowest BCUT2D eigenvalue weighted by Crippen LogP contribution is -2.47. The van der Waals surface area contributed by atoms with Crippen LogP contribution in [0.3, 0.4) is 0 Å². The molecule has 2 rings (SSSR count). The molecule has 2 fully saturated rings. The summed E-state index contributed by atoms with van der Waals surface area (Å²) < 4.78 is 5.86. The lowest BCUT2D eigenvalue weighted by molar-refractivity contribution is -0.102. The van der Waals surface area contributed by atoms with Gasteiger partial charge in [0, 0.05) is 13.1 Å². The molecule has 0 N–H and O–H groups in total. The Morgan fingerprint density at radius 3 is 2.62 bits per heavy atom. The SMILES string of the molecule is CCC=CN1C[C@@H]2CCC[C@@H](C1)O2. The lowest BCUT2D eigenvalue weighted by Gasteiger charge is -2.41. The Bertz CT molecular complexity index is 179. The minimum atomic E-state index is 0.508. The highest BCUT2D eigenvalue weighted by Crippen LogP contribution is 2.25. The van der Waals surface area contributed by atoms with Crippen molar-refractivity contribution in [1.29, 1.82) is 0 Å². The summed E-state index contributed by atoms with van der Waals surface area (Å²) in [6, 6.07) is 0. The van der Waals surface area contributed by atoms with Crippen LogP contribution in [-0.2, 0) is 4.74 Å². The molecule has 0 aromatic rings. The van der Waals surface area contributed by atoms with Crippen LogP contribution in [0.5, 0.6) is 0 Å². The number of allylic oxidation sites excluding steroid dienone is 1. The number of hydrogen-bond acceptors (Lipinski definition) is 2. The molecule has 2 nitrogen and oxygen atoms in total. The molecule has 2 heteroatoms. The van der Waals surface area contributed by atoms with Crippen LogP contribution in [0, 0.1) is 0 Å². The van der Waals surface area contributed by atoms with E-state index in [9.17, 15) is 0 Å². The first-order valence-corrected chi connectivity index (χ1v) is 5.44. The monoisotopic (exact) mass is 181 g/mol. The maximum Gasteiger partial charge on any atom is 0.0754 e. The number of ether oxygens (including phenoxy) is 1. The summed E-state index contributed by atoms with van der Waals surface area (Å²) in [5, 5.41) is 0. The van der Waals surface area contributed by atoms with E-state index in [1.54, 1.807) is 0 Å². The molecule has 74 valence electrons. The summed E-state index contributed by atoms with van der Waals surface area (Å²) >= 11 is 0. The van der Waals surface area contributed by atoms with Gasteiger partial charge in [-0.1, -0.05) is 13.0 Å². The molecule has 2 atom stereocenters. The normalized spacial score (nSPS) is 34.1. The molecule has 0 unspecified atom stereocenters. The van der Waals surface area contributed by atoms with Crippen molar-refractivity contribution in [3.05, 3.63) is 12.3 Å². The first-order chi connectivity index (χ1) is 6.38. The first-order valence-electron chi connectivity index (χ1n) is 5.44. The van der Waals surface area contributed by atoms with Gasteiger partial charge in [-0.3, -0.25) is 0 Å². The van der Waals surface area contributed by atoms with Crippen LogP contribution in [0.4, 0.5) is 0 Å². The largest absolute Gasteiger partial charge is 0.372 e. The highest BCUT2D eigenvalue weighted by Gasteiger charge is 2.29. The Labute approximate surface area is 80.6 Å². The van der Waals surface area contributed by atoms with Crippen LogP contribution >= 0.6 is 0 Å². The minimum absolute atomic E-state index is 0.508. The van der Waals surface area contributed by atoms with Crippen LogP contribution in [0.2, 0.25) is 0 Å². The molecule has 2 aliphatic rings. The van der Waals surface area contributed by atoms with Gasteiger partial charge in [-0.05, 0) is 31.9 Å². The fraction of sp³-hybridized carbons (Fsp3) is 0.818. The second kappa shape index (κ2) is 4.14. The molecule has 0 amide bonds. The van der Waals surface area contributed by atoms with Gasteiger partial charge in [0.15, 0.2) is 0 Å². The summed E-state index contributed by atoms with van der Waals surface area (Å²) in [5.41, 5.74) is 0. The average Bonchev–Trinajstić information content (AvgIpc) is 2.14. The van der Waals surface area contributed by atoms with Crippen LogP contribution in [-0.4, -0.2) is 30.2 Å². The van der Waals surface area contributed by atoms with Crippen LogP contribution in [0.15, 0.2) is 12.3 Å². The van der Waals surface area contributed by atoms with Gasteiger partial charge >= 0.3 is 0 Å². The Morgan fingerprint density at radius 2 is 2.00 bits per heavy atom. The predicted molar refractivity (Wildman–Crippen MR) is 53.5 cm³/mol. The van der Waals surface area contributed by atoms with Gasteiger partial charge in [0.25, 0.3) is 0 Å². The lowest BCUT2D eigenvalue weighted by atomic mass is 10.00. The van der Waals surface area contributed by atoms with Crippen LogP contribution < -0.4 is 0 Å². The highest BCUT2D eigenvalue weighted by molar-refractivity contribution is 4.90. The van der Waals surface area contributed by atoms with Gasteiger partial charge in [-0.15, -0.1) is 0 Å². The van der Waals surface area contributed by atoms with Crippen LogP contribution in [0.25, 0.3) is 0 Å². The first kappa shape index (κ1) is 9.07. The number of hydrogen-bond donors (Lipinski definition) is 0.